The molecule has 0 unspecified atom stereocenters. The van der Waals surface area contributed by atoms with E-state index in [4.69, 9.17) is 0 Å². The number of carboxylic acids is 1. The zero-order valence-corrected chi connectivity index (χ0v) is 17.6. The van der Waals surface area contributed by atoms with Crippen LogP contribution in [0.15, 0.2) is 36.4 Å². The molecule has 7 heteroatoms. The summed E-state index contributed by atoms with van der Waals surface area (Å²) in [6.45, 7) is 1.98. The van der Waals surface area contributed by atoms with Gasteiger partial charge in [0, 0.05) is 10.6 Å². The van der Waals surface area contributed by atoms with E-state index in [-0.39, 0.29) is 11.8 Å². The van der Waals surface area contributed by atoms with Crippen LogP contribution in [0.3, 0.4) is 0 Å². The Morgan fingerprint density at radius 3 is 2.40 bits per heavy atom. The summed E-state index contributed by atoms with van der Waals surface area (Å²) in [5, 5.41) is 15.8. The van der Waals surface area contributed by atoms with Crippen molar-refractivity contribution < 1.29 is 19.5 Å². The SMILES string of the molecule is Cc1ccc(NC(=O)c2c(NC(=O)[C@H]3CC=CC[C@H]3C(=O)O)sc3c2CCC3)cc1. The quantitative estimate of drug-likeness (QED) is 0.620. The fourth-order valence-corrected chi connectivity index (χ4v) is 5.43. The van der Waals surface area contributed by atoms with E-state index in [1.54, 1.807) is 0 Å². The van der Waals surface area contributed by atoms with Gasteiger partial charge in [0.2, 0.25) is 5.91 Å². The highest BCUT2D eigenvalue weighted by Crippen LogP contribution is 2.40. The second-order valence-corrected chi connectivity index (χ2v) is 8.97. The average molecular weight is 425 g/mol. The van der Waals surface area contributed by atoms with Crippen LogP contribution in [0.1, 0.15) is 45.6 Å². The van der Waals surface area contributed by atoms with Crippen LogP contribution in [0.4, 0.5) is 10.7 Å². The standard InChI is InChI=1S/C23H24N2O4S/c1-13-9-11-14(12-10-13)24-21(27)19-17-7-4-8-18(17)30-22(19)25-20(26)15-5-2-3-6-16(15)23(28)29/h2-3,9-12,15-16H,4-8H2,1H3,(H,24,27)(H,25,26)(H,28,29)/t15-,16+/m0/s1. The first-order valence-corrected chi connectivity index (χ1v) is 11.0. The fraction of sp³-hybridized carbons (Fsp3) is 0.348. The molecule has 0 fully saturated rings. The molecular formula is C23H24N2O4S. The predicted octanol–water partition coefficient (Wildman–Crippen LogP) is 4.40. The van der Waals surface area contributed by atoms with Crippen LogP contribution in [-0.4, -0.2) is 22.9 Å². The number of hydrogen-bond acceptors (Lipinski definition) is 4. The third-order valence-electron chi connectivity index (χ3n) is 5.78. The number of anilines is 2. The number of carbonyl (C=O) groups excluding carboxylic acids is 2. The van der Waals surface area contributed by atoms with E-state index in [1.165, 1.54) is 11.3 Å². The summed E-state index contributed by atoms with van der Waals surface area (Å²) in [5.74, 6) is -2.93. The lowest BCUT2D eigenvalue weighted by atomic mass is 9.82. The molecule has 0 spiro atoms. The summed E-state index contributed by atoms with van der Waals surface area (Å²) in [6.07, 6.45) is 7.08. The number of carboxylic acid groups (broad SMARTS) is 1. The summed E-state index contributed by atoms with van der Waals surface area (Å²) >= 11 is 1.43. The molecule has 1 heterocycles. The molecule has 0 bridgehead atoms. The van der Waals surface area contributed by atoms with Crippen LogP contribution in [0.5, 0.6) is 0 Å². The number of benzene rings is 1. The summed E-state index contributed by atoms with van der Waals surface area (Å²) in [4.78, 5) is 38.7. The highest BCUT2D eigenvalue weighted by Gasteiger charge is 2.35. The van der Waals surface area contributed by atoms with Gasteiger partial charge < -0.3 is 15.7 Å². The zero-order chi connectivity index (χ0) is 21.3. The second kappa shape index (κ2) is 8.44. The molecule has 4 rings (SSSR count). The van der Waals surface area contributed by atoms with Crippen LogP contribution in [0.2, 0.25) is 0 Å². The number of rotatable bonds is 5. The van der Waals surface area contributed by atoms with Crippen LogP contribution in [0.25, 0.3) is 0 Å². The Bertz CT molecular complexity index is 1020. The summed E-state index contributed by atoms with van der Waals surface area (Å²) in [7, 11) is 0. The number of amides is 2. The van der Waals surface area contributed by atoms with Crippen molar-refractivity contribution in [2.75, 3.05) is 10.6 Å². The number of allylic oxidation sites excluding steroid dienone is 2. The van der Waals surface area contributed by atoms with Gasteiger partial charge in [-0.15, -0.1) is 11.3 Å². The maximum absolute atomic E-state index is 13.1. The molecule has 2 aliphatic rings. The number of aliphatic carboxylic acids is 1. The van der Waals surface area contributed by atoms with Crippen LogP contribution in [-0.2, 0) is 22.4 Å². The van der Waals surface area contributed by atoms with Gasteiger partial charge in [-0.25, -0.2) is 0 Å². The van der Waals surface area contributed by atoms with Crippen molar-refractivity contribution in [3.8, 4) is 0 Å². The minimum atomic E-state index is -0.967. The van der Waals surface area contributed by atoms with Crippen molar-refractivity contribution in [2.24, 2.45) is 11.8 Å². The molecule has 30 heavy (non-hydrogen) atoms. The minimum absolute atomic E-state index is 0.244. The van der Waals surface area contributed by atoms with Gasteiger partial charge in [-0.1, -0.05) is 29.8 Å². The molecule has 3 N–H and O–H groups in total. The molecule has 156 valence electrons. The first kappa shape index (κ1) is 20.3. The van der Waals surface area contributed by atoms with E-state index < -0.39 is 17.8 Å². The molecule has 6 nitrogen and oxygen atoms in total. The lowest BCUT2D eigenvalue weighted by Crippen LogP contribution is -2.35. The van der Waals surface area contributed by atoms with Gasteiger partial charge in [-0.05, 0) is 56.7 Å². The number of nitrogens with one attached hydrogen (secondary N) is 2. The molecule has 0 saturated carbocycles. The smallest absolute Gasteiger partial charge is 0.307 e. The van der Waals surface area contributed by atoms with Gasteiger partial charge in [0.05, 0.1) is 17.4 Å². The molecule has 1 aromatic carbocycles. The largest absolute Gasteiger partial charge is 0.481 e. The Kier molecular flexibility index (Phi) is 5.72. The summed E-state index contributed by atoms with van der Waals surface area (Å²) < 4.78 is 0. The Balaban J connectivity index is 1.59. The fourth-order valence-electron chi connectivity index (χ4n) is 4.14. The molecular weight excluding hydrogens is 400 g/mol. The first-order chi connectivity index (χ1) is 14.4. The number of hydrogen-bond donors (Lipinski definition) is 3. The van der Waals surface area contributed by atoms with Gasteiger partial charge in [0.25, 0.3) is 5.91 Å². The van der Waals surface area contributed by atoms with E-state index in [0.717, 1.165) is 35.3 Å². The highest BCUT2D eigenvalue weighted by molar-refractivity contribution is 7.17. The van der Waals surface area contributed by atoms with Crippen molar-refractivity contribution in [1.29, 1.82) is 0 Å². The molecule has 2 aliphatic carbocycles. The lowest BCUT2D eigenvalue weighted by Gasteiger charge is -2.24. The van der Waals surface area contributed by atoms with Crippen molar-refractivity contribution in [3.63, 3.8) is 0 Å². The number of thiophene rings is 1. The average Bonchev–Trinajstić information content (AvgIpc) is 3.30. The van der Waals surface area contributed by atoms with Crippen LogP contribution >= 0.6 is 11.3 Å². The molecule has 0 radical (unpaired) electrons. The van der Waals surface area contributed by atoms with Crippen molar-refractivity contribution in [1.82, 2.24) is 0 Å². The Hall–Kier alpha value is -2.93. The van der Waals surface area contributed by atoms with E-state index >= 15 is 0 Å². The zero-order valence-electron chi connectivity index (χ0n) is 16.7. The molecule has 1 aromatic heterocycles. The molecule has 2 aromatic rings. The van der Waals surface area contributed by atoms with E-state index in [1.807, 2.05) is 43.3 Å². The van der Waals surface area contributed by atoms with Gasteiger partial charge >= 0.3 is 5.97 Å². The topological polar surface area (TPSA) is 95.5 Å². The van der Waals surface area contributed by atoms with E-state index in [0.29, 0.717) is 29.1 Å². The third kappa shape index (κ3) is 4.03. The number of carbonyl (C=O) groups is 3. The molecule has 0 saturated heterocycles. The maximum atomic E-state index is 13.1. The number of aryl methyl sites for hydroxylation is 2. The second-order valence-electron chi connectivity index (χ2n) is 7.86. The van der Waals surface area contributed by atoms with E-state index in [9.17, 15) is 19.5 Å². The monoisotopic (exact) mass is 424 g/mol. The van der Waals surface area contributed by atoms with Gasteiger partial charge in [-0.2, -0.15) is 0 Å². The van der Waals surface area contributed by atoms with Crippen LogP contribution in [0, 0.1) is 18.8 Å². The minimum Gasteiger partial charge on any atom is -0.481 e. The Morgan fingerprint density at radius 1 is 1.00 bits per heavy atom. The molecule has 2 amide bonds. The molecule has 2 atom stereocenters. The van der Waals surface area contributed by atoms with Gasteiger partial charge in [0.15, 0.2) is 0 Å². The van der Waals surface area contributed by atoms with Gasteiger partial charge in [0.1, 0.15) is 5.00 Å². The molecule has 0 aliphatic heterocycles. The van der Waals surface area contributed by atoms with E-state index in [2.05, 4.69) is 10.6 Å². The normalized spacial score (nSPS) is 19.9. The highest BCUT2D eigenvalue weighted by atomic mass is 32.1. The lowest BCUT2D eigenvalue weighted by molar-refractivity contribution is -0.146. The van der Waals surface area contributed by atoms with Gasteiger partial charge in [-0.3, -0.25) is 14.4 Å². The van der Waals surface area contributed by atoms with Crippen molar-refractivity contribution in [2.45, 2.75) is 39.0 Å². The Labute approximate surface area is 179 Å². The number of fused-ring (bicyclic) bond motifs is 1. The van der Waals surface area contributed by atoms with Crippen molar-refractivity contribution >= 4 is 39.8 Å². The van der Waals surface area contributed by atoms with Crippen molar-refractivity contribution in [3.05, 3.63) is 58.0 Å². The third-order valence-corrected chi connectivity index (χ3v) is 6.99. The van der Waals surface area contributed by atoms with Crippen LogP contribution < -0.4 is 10.6 Å². The maximum Gasteiger partial charge on any atom is 0.307 e. The summed E-state index contributed by atoms with van der Waals surface area (Å²) in [6, 6.07) is 7.56. The Morgan fingerprint density at radius 2 is 1.70 bits per heavy atom. The predicted molar refractivity (Wildman–Crippen MR) is 117 cm³/mol. The first-order valence-electron chi connectivity index (χ1n) is 10.1. The summed E-state index contributed by atoms with van der Waals surface area (Å²) in [5.41, 5.74) is 3.31.